The van der Waals surface area contributed by atoms with Crippen LogP contribution in [-0.2, 0) is 4.74 Å². The van der Waals surface area contributed by atoms with Crippen LogP contribution in [0.3, 0.4) is 0 Å². The van der Waals surface area contributed by atoms with Crippen LogP contribution < -0.4 is 5.32 Å². The van der Waals surface area contributed by atoms with Crippen molar-refractivity contribution in [2.45, 2.75) is 73.8 Å². The van der Waals surface area contributed by atoms with Crippen molar-refractivity contribution in [1.29, 1.82) is 0 Å². The molecule has 2 nitrogen and oxygen atoms in total. The minimum Gasteiger partial charge on any atom is -0.377 e. The SMILES string of the molecule is CC(C)CNCC(C)(C)COC1CC(C)CCC1C(C)C. The van der Waals surface area contributed by atoms with Gasteiger partial charge in [0.25, 0.3) is 0 Å². The molecule has 126 valence electrons. The van der Waals surface area contributed by atoms with Crippen LogP contribution in [0.5, 0.6) is 0 Å². The first kappa shape index (κ1) is 19.0. The van der Waals surface area contributed by atoms with Gasteiger partial charge >= 0.3 is 0 Å². The first-order valence-electron chi connectivity index (χ1n) is 9.03. The lowest BCUT2D eigenvalue weighted by atomic mass is 9.75. The lowest BCUT2D eigenvalue weighted by molar-refractivity contribution is -0.0655. The standard InChI is InChI=1S/C19H39NO/c1-14(2)11-20-12-19(6,7)13-21-18-10-16(5)8-9-17(18)15(3)4/h14-18,20H,8-13H2,1-7H3. The van der Waals surface area contributed by atoms with Crippen LogP contribution >= 0.6 is 0 Å². The summed E-state index contributed by atoms with van der Waals surface area (Å²) in [6.07, 6.45) is 4.44. The molecule has 1 rings (SSSR count). The molecule has 0 spiro atoms. The topological polar surface area (TPSA) is 21.3 Å². The van der Waals surface area contributed by atoms with E-state index in [1.165, 1.54) is 19.3 Å². The molecule has 3 atom stereocenters. The van der Waals surface area contributed by atoms with Gasteiger partial charge in [0.2, 0.25) is 0 Å². The number of hydrogen-bond donors (Lipinski definition) is 1. The Morgan fingerprint density at radius 1 is 1.14 bits per heavy atom. The summed E-state index contributed by atoms with van der Waals surface area (Å²) < 4.78 is 6.41. The summed E-state index contributed by atoms with van der Waals surface area (Å²) >= 11 is 0. The maximum absolute atomic E-state index is 6.41. The molecular formula is C19H39NO. The molecule has 1 fully saturated rings. The summed E-state index contributed by atoms with van der Waals surface area (Å²) in [5.74, 6) is 3.03. The van der Waals surface area contributed by atoms with E-state index in [4.69, 9.17) is 4.74 Å². The highest BCUT2D eigenvalue weighted by Gasteiger charge is 2.32. The summed E-state index contributed by atoms with van der Waals surface area (Å²) in [5.41, 5.74) is 0.219. The Labute approximate surface area is 133 Å². The van der Waals surface area contributed by atoms with Crippen LogP contribution in [0.15, 0.2) is 0 Å². The minimum atomic E-state index is 0.219. The number of rotatable bonds is 8. The molecule has 0 heterocycles. The fourth-order valence-corrected chi connectivity index (χ4v) is 3.39. The van der Waals surface area contributed by atoms with Gasteiger partial charge in [-0.3, -0.25) is 0 Å². The van der Waals surface area contributed by atoms with Crippen molar-refractivity contribution < 1.29 is 4.74 Å². The maximum atomic E-state index is 6.41. The highest BCUT2D eigenvalue weighted by molar-refractivity contribution is 4.82. The average Bonchev–Trinajstić information content (AvgIpc) is 2.35. The zero-order chi connectivity index (χ0) is 16.0. The van der Waals surface area contributed by atoms with Gasteiger partial charge in [0.15, 0.2) is 0 Å². The Balaban J connectivity index is 2.42. The number of ether oxygens (including phenoxy) is 1. The second-order valence-electron chi connectivity index (χ2n) is 8.86. The van der Waals surface area contributed by atoms with Crippen LogP contribution in [0.1, 0.15) is 67.7 Å². The van der Waals surface area contributed by atoms with Crippen LogP contribution in [0, 0.1) is 29.1 Å². The molecule has 0 aromatic rings. The van der Waals surface area contributed by atoms with Crippen molar-refractivity contribution >= 4 is 0 Å². The second-order valence-corrected chi connectivity index (χ2v) is 8.86. The van der Waals surface area contributed by atoms with E-state index in [2.05, 4.69) is 53.8 Å². The maximum Gasteiger partial charge on any atom is 0.0608 e. The van der Waals surface area contributed by atoms with E-state index in [1.807, 2.05) is 0 Å². The third kappa shape index (κ3) is 7.15. The van der Waals surface area contributed by atoms with E-state index in [-0.39, 0.29) is 5.41 Å². The summed E-state index contributed by atoms with van der Waals surface area (Å²) in [4.78, 5) is 0. The zero-order valence-electron chi connectivity index (χ0n) is 15.5. The van der Waals surface area contributed by atoms with E-state index in [0.29, 0.717) is 12.0 Å². The van der Waals surface area contributed by atoms with Gasteiger partial charge in [-0.2, -0.15) is 0 Å². The molecular weight excluding hydrogens is 258 g/mol. The summed E-state index contributed by atoms with van der Waals surface area (Å²) in [6, 6.07) is 0. The monoisotopic (exact) mass is 297 g/mol. The Bertz CT molecular complexity index is 285. The first-order chi connectivity index (χ1) is 9.71. The van der Waals surface area contributed by atoms with E-state index >= 15 is 0 Å². The van der Waals surface area contributed by atoms with Crippen LogP contribution in [0.25, 0.3) is 0 Å². The van der Waals surface area contributed by atoms with Gasteiger partial charge in [-0.25, -0.2) is 0 Å². The molecule has 0 amide bonds. The smallest absolute Gasteiger partial charge is 0.0608 e. The molecule has 0 aromatic heterocycles. The van der Waals surface area contributed by atoms with Crippen molar-refractivity contribution in [3.05, 3.63) is 0 Å². The Morgan fingerprint density at radius 3 is 2.38 bits per heavy atom. The van der Waals surface area contributed by atoms with Crippen molar-refractivity contribution in [3.63, 3.8) is 0 Å². The van der Waals surface area contributed by atoms with Gasteiger partial charge < -0.3 is 10.1 Å². The second kappa shape index (κ2) is 8.53. The number of nitrogens with one attached hydrogen (secondary N) is 1. The van der Waals surface area contributed by atoms with Gasteiger partial charge in [-0.1, -0.05) is 54.9 Å². The predicted molar refractivity (Wildman–Crippen MR) is 92.6 cm³/mol. The molecule has 21 heavy (non-hydrogen) atoms. The fraction of sp³-hybridized carbons (Fsp3) is 1.00. The van der Waals surface area contributed by atoms with Crippen LogP contribution in [0.2, 0.25) is 0 Å². The average molecular weight is 298 g/mol. The lowest BCUT2D eigenvalue weighted by Crippen LogP contribution is -2.40. The third-order valence-corrected chi connectivity index (χ3v) is 4.81. The quantitative estimate of drug-likeness (QED) is 0.699. The fourth-order valence-electron chi connectivity index (χ4n) is 3.39. The zero-order valence-corrected chi connectivity index (χ0v) is 15.5. The molecule has 1 aliphatic carbocycles. The van der Waals surface area contributed by atoms with Crippen molar-refractivity contribution in [2.75, 3.05) is 19.7 Å². The Kier molecular flexibility index (Phi) is 7.70. The molecule has 1 N–H and O–H groups in total. The van der Waals surface area contributed by atoms with Gasteiger partial charge in [-0.05, 0) is 43.1 Å². The molecule has 2 heteroatoms. The highest BCUT2D eigenvalue weighted by Crippen LogP contribution is 2.36. The van der Waals surface area contributed by atoms with Gasteiger partial charge in [0.05, 0.1) is 12.7 Å². The van der Waals surface area contributed by atoms with Gasteiger partial charge in [0, 0.05) is 12.0 Å². The molecule has 0 bridgehead atoms. The first-order valence-corrected chi connectivity index (χ1v) is 9.03. The van der Waals surface area contributed by atoms with Crippen molar-refractivity contribution in [1.82, 2.24) is 5.32 Å². The van der Waals surface area contributed by atoms with Gasteiger partial charge in [-0.15, -0.1) is 0 Å². The molecule has 0 radical (unpaired) electrons. The molecule has 3 unspecified atom stereocenters. The van der Waals surface area contributed by atoms with E-state index in [1.54, 1.807) is 0 Å². The largest absolute Gasteiger partial charge is 0.377 e. The van der Waals surface area contributed by atoms with E-state index < -0.39 is 0 Å². The molecule has 0 saturated heterocycles. The summed E-state index contributed by atoms with van der Waals surface area (Å²) in [5, 5.41) is 3.58. The highest BCUT2D eigenvalue weighted by atomic mass is 16.5. The number of hydrogen-bond acceptors (Lipinski definition) is 2. The molecule has 0 aromatic carbocycles. The third-order valence-electron chi connectivity index (χ3n) is 4.81. The lowest BCUT2D eigenvalue weighted by Gasteiger charge is -2.39. The summed E-state index contributed by atoms with van der Waals surface area (Å²) in [7, 11) is 0. The minimum absolute atomic E-state index is 0.219. The van der Waals surface area contributed by atoms with Crippen molar-refractivity contribution in [3.8, 4) is 0 Å². The Morgan fingerprint density at radius 2 is 1.81 bits per heavy atom. The van der Waals surface area contributed by atoms with E-state index in [0.717, 1.165) is 37.5 Å². The van der Waals surface area contributed by atoms with E-state index in [9.17, 15) is 0 Å². The molecule has 0 aliphatic heterocycles. The van der Waals surface area contributed by atoms with Crippen LogP contribution in [0.4, 0.5) is 0 Å². The molecule has 1 aliphatic rings. The van der Waals surface area contributed by atoms with Gasteiger partial charge in [0.1, 0.15) is 0 Å². The predicted octanol–water partition coefficient (Wildman–Crippen LogP) is 4.74. The molecule has 1 saturated carbocycles. The Hall–Kier alpha value is -0.0800. The van der Waals surface area contributed by atoms with Crippen LogP contribution in [-0.4, -0.2) is 25.8 Å². The van der Waals surface area contributed by atoms with Crippen molar-refractivity contribution in [2.24, 2.45) is 29.1 Å². The normalized spacial score (nSPS) is 27.6. The summed E-state index contributed by atoms with van der Waals surface area (Å²) in [6.45, 7) is 19.2.